The summed E-state index contributed by atoms with van der Waals surface area (Å²) in [4.78, 5) is 30.3. The molecule has 0 saturated heterocycles. The molecule has 0 aliphatic rings. The maximum absolute atomic E-state index is 12.9. The molecule has 2 aromatic heterocycles. The number of ketones is 1. The van der Waals surface area contributed by atoms with E-state index in [-0.39, 0.29) is 11.2 Å². The van der Waals surface area contributed by atoms with Crippen LogP contribution in [0.5, 0.6) is 0 Å². The number of aryl methyl sites for hydroxylation is 2. The number of rotatable bonds is 8. The molecule has 0 bridgehead atoms. The van der Waals surface area contributed by atoms with Crippen LogP contribution < -0.4 is 5.43 Å². The van der Waals surface area contributed by atoms with Crippen molar-refractivity contribution in [2.45, 2.75) is 60.5 Å². The molecule has 5 nitrogen and oxygen atoms in total. The number of hydrogen-bond acceptors (Lipinski definition) is 3. The molecule has 2 aromatic rings. The minimum Gasteiger partial charge on any atom is -0.332 e. The van der Waals surface area contributed by atoms with Gasteiger partial charge in [0.25, 0.3) is 0 Å². The van der Waals surface area contributed by atoms with Crippen LogP contribution >= 0.6 is 0 Å². The fourth-order valence-corrected chi connectivity index (χ4v) is 3.79. The van der Waals surface area contributed by atoms with Gasteiger partial charge in [0, 0.05) is 18.4 Å². The zero-order valence-electron chi connectivity index (χ0n) is 17.0. The van der Waals surface area contributed by atoms with E-state index in [1.54, 1.807) is 12.3 Å². The molecule has 0 aliphatic heterocycles. The van der Waals surface area contributed by atoms with Crippen molar-refractivity contribution in [1.29, 1.82) is 0 Å². The molecule has 2 rings (SSSR count). The summed E-state index contributed by atoms with van der Waals surface area (Å²) in [6.45, 7) is 16.0. The molecule has 0 fully saturated rings. The van der Waals surface area contributed by atoms with Crippen molar-refractivity contribution in [2.75, 3.05) is 19.6 Å². The van der Waals surface area contributed by atoms with E-state index in [2.05, 4.69) is 32.7 Å². The van der Waals surface area contributed by atoms with Gasteiger partial charge >= 0.3 is 0 Å². The molecular formula is C21H32N3O2+. The van der Waals surface area contributed by atoms with E-state index >= 15 is 0 Å². The average molecular weight is 359 g/mol. The molecule has 0 spiro atoms. The van der Waals surface area contributed by atoms with Crippen LogP contribution in [0.1, 0.15) is 57.1 Å². The van der Waals surface area contributed by atoms with Crippen molar-refractivity contribution >= 4 is 16.8 Å². The highest BCUT2D eigenvalue weighted by molar-refractivity contribution is 5.98. The van der Waals surface area contributed by atoms with Gasteiger partial charge in [0.05, 0.1) is 43.0 Å². The lowest BCUT2D eigenvalue weighted by molar-refractivity contribution is -0.944. The molecule has 26 heavy (non-hydrogen) atoms. The SMILES string of the molecule is CCn1cc(C(=O)CC[N+](CC)(CC)C(C)C)c(=O)c2ccc(C)nc21. The number of Topliss-reactive ketones (excluding diaryl/α,β-unsaturated/α-hetero) is 1. The molecule has 0 radical (unpaired) electrons. The van der Waals surface area contributed by atoms with E-state index in [1.807, 2.05) is 24.5 Å². The largest absolute Gasteiger partial charge is 0.332 e. The minimum absolute atomic E-state index is 0.0651. The Hall–Kier alpha value is -2.01. The van der Waals surface area contributed by atoms with Gasteiger partial charge in [-0.2, -0.15) is 0 Å². The predicted molar refractivity (Wildman–Crippen MR) is 107 cm³/mol. The smallest absolute Gasteiger partial charge is 0.201 e. The lowest BCUT2D eigenvalue weighted by Crippen LogP contribution is -2.53. The Morgan fingerprint density at radius 2 is 1.85 bits per heavy atom. The Labute approximate surface area is 156 Å². The van der Waals surface area contributed by atoms with Gasteiger partial charge in [0.2, 0.25) is 5.43 Å². The highest BCUT2D eigenvalue weighted by Crippen LogP contribution is 2.17. The number of carbonyl (C=O) groups is 1. The summed E-state index contributed by atoms with van der Waals surface area (Å²) in [5.74, 6) is -0.0651. The van der Waals surface area contributed by atoms with Crippen molar-refractivity contribution < 1.29 is 9.28 Å². The van der Waals surface area contributed by atoms with Crippen molar-refractivity contribution in [2.24, 2.45) is 0 Å². The number of quaternary nitrogens is 1. The summed E-state index contributed by atoms with van der Waals surface area (Å²) in [6, 6.07) is 4.07. The summed E-state index contributed by atoms with van der Waals surface area (Å²) in [5.41, 5.74) is 1.61. The van der Waals surface area contributed by atoms with Gasteiger partial charge in [-0.15, -0.1) is 0 Å². The maximum Gasteiger partial charge on any atom is 0.201 e. The van der Waals surface area contributed by atoms with Gasteiger partial charge in [0.1, 0.15) is 5.65 Å². The number of fused-ring (bicyclic) bond motifs is 1. The van der Waals surface area contributed by atoms with E-state index < -0.39 is 0 Å². The Kier molecular flexibility index (Phi) is 6.34. The Balaban J connectivity index is 2.41. The maximum atomic E-state index is 12.9. The highest BCUT2D eigenvalue weighted by atomic mass is 16.1. The standard InChI is InChI=1S/C21H32N3O2/c1-7-23-14-18(20(26)17-11-10-16(6)22-21(17)23)19(25)12-13-24(8-2,9-3)15(4)5/h10-11,14-15H,7-9,12-13H2,1-6H3/q+1. The molecule has 0 unspecified atom stereocenters. The van der Waals surface area contributed by atoms with Gasteiger partial charge in [-0.1, -0.05) is 0 Å². The van der Waals surface area contributed by atoms with Crippen LogP contribution in [0.15, 0.2) is 23.1 Å². The lowest BCUT2D eigenvalue weighted by atomic mass is 10.1. The summed E-state index contributed by atoms with van der Waals surface area (Å²) in [7, 11) is 0. The Morgan fingerprint density at radius 1 is 1.19 bits per heavy atom. The predicted octanol–water partition coefficient (Wildman–Crippen LogP) is 3.56. The van der Waals surface area contributed by atoms with Gasteiger partial charge in [0.15, 0.2) is 5.78 Å². The second-order valence-electron chi connectivity index (χ2n) is 7.32. The van der Waals surface area contributed by atoms with Crippen LogP contribution in [-0.4, -0.2) is 45.5 Å². The molecule has 0 aromatic carbocycles. The average Bonchev–Trinajstić information content (AvgIpc) is 2.62. The van der Waals surface area contributed by atoms with E-state index in [4.69, 9.17) is 0 Å². The number of aromatic nitrogens is 2. The fourth-order valence-electron chi connectivity index (χ4n) is 3.79. The third-order valence-electron chi connectivity index (χ3n) is 5.84. The quantitative estimate of drug-likeness (QED) is 0.535. The molecule has 5 heteroatoms. The van der Waals surface area contributed by atoms with Crippen molar-refractivity contribution in [1.82, 2.24) is 9.55 Å². The lowest BCUT2D eigenvalue weighted by Gasteiger charge is -2.40. The van der Waals surface area contributed by atoms with E-state index in [0.29, 0.717) is 35.6 Å². The van der Waals surface area contributed by atoms with Crippen LogP contribution in [0.3, 0.4) is 0 Å². The molecule has 2 heterocycles. The van der Waals surface area contributed by atoms with Crippen LogP contribution in [0, 0.1) is 6.92 Å². The normalized spacial score (nSPS) is 12.1. The van der Waals surface area contributed by atoms with E-state index in [0.717, 1.165) is 29.8 Å². The summed E-state index contributed by atoms with van der Waals surface area (Å²) in [5, 5.41) is 0.527. The third-order valence-corrected chi connectivity index (χ3v) is 5.84. The van der Waals surface area contributed by atoms with Gasteiger partial charge in [-0.05, 0) is 53.7 Å². The first-order chi connectivity index (χ1) is 12.3. The fraction of sp³-hybridized carbons (Fsp3) is 0.571. The number of hydrogen-bond donors (Lipinski definition) is 0. The van der Waals surface area contributed by atoms with E-state index in [1.165, 1.54) is 0 Å². The molecular weight excluding hydrogens is 326 g/mol. The Morgan fingerprint density at radius 3 is 2.38 bits per heavy atom. The molecule has 0 saturated carbocycles. The molecule has 142 valence electrons. The number of pyridine rings is 2. The monoisotopic (exact) mass is 358 g/mol. The van der Waals surface area contributed by atoms with E-state index in [9.17, 15) is 9.59 Å². The van der Waals surface area contributed by atoms with Crippen LogP contribution in [0.25, 0.3) is 11.0 Å². The molecule has 0 atom stereocenters. The summed E-state index contributed by atoms with van der Waals surface area (Å²) >= 11 is 0. The van der Waals surface area contributed by atoms with Gasteiger partial charge < -0.3 is 9.05 Å². The number of carbonyl (C=O) groups excluding carboxylic acids is 1. The molecule has 0 amide bonds. The summed E-state index contributed by atoms with van der Waals surface area (Å²) < 4.78 is 2.79. The van der Waals surface area contributed by atoms with Crippen molar-refractivity contribution in [3.63, 3.8) is 0 Å². The number of nitrogens with zero attached hydrogens (tertiary/aromatic N) is 3. The zero-order chi connectivity index (χ0) is 19.5. The highest BCUT2D eigenvalue weighted by Gasteiger charge is 2.28. The van der Waals surface area contributed by atoms with Crippen LogP contribution in [0.2, 0.25) is 0 Å². The van der Waals surface area contributed by atoms with Crippen molar-refractivity contribution in [3.05, 3.63) is 39.8 Å². The first-order valence-corrected chi connectivity index (χ1v) is 9.69. The van der Waals surface area contributed by atoms with Gasteiger partial charge in [-0.25, -0.2) is 4.98 Å². The zero-order valence-corrected chi connectivity index (χ0v) is 17.0. The summed E-state index contributed by atoms with van der Waals surface area (Å²) in [6.07, 6.45) is 2.09. The second-order valence-corrected chi connectivity index (χ2v) is 7.32. The van der Waals surface area contributed by atoms with Crippen LogP contribution in [0.4, 0.5) is 0 Å². The van der Waals surface area contributed by atoms with Crippen molar-refractivity contribution in [3.8, 4) is 0 Å². The molecule has 0 N–H and O–H groups in total. The first-order valence-electron chi connectivity index (χ1n) is 9.69. The van der Waals surface area contributed by atoms with Crippen LogP contribution in [-0.2, 0) is 6.54 Å². The first kappa shape index (κ1) is 20.3. The minimum atomic E-state index is -0.196. The van der Waals surface area contributed by atoms with Gasteiger partial charge in [-0.3, -0.25) is 9.59 Å². The molecule has 0 aliphatic carbocycles. The Bertz CT molecular complexity index is 848. The topological polar surface area (TPSA) is 52.0 Å². The second kappa shape index (κ2) is 8.12. The third kappa shape index (κ3) is 3.73.